The predicted molar refractivity (Wildman–Crippen MR) is 111 cm³/mol. The van der Waals surface area contributed by atoms with Crippen molar-refractivity contribution in [2.75, 3.05) is 18.0 Å². The molecular formula is C23H23N3O3. The number of ether oxygens (including phenoxy) is 1. The number of aromatic nitrogens is 1. The summed E-state index contributed by atoms with van der Waals surface area (Å²) in [6.45, 7) is 3.42. The van der Waals surface area contributed by atoms with E-state index in [9.17, 15) is 9.59 Å². The van der Waals surface area contributed by atoms with Gasteiger partial charge in [-0.15, -0.1) is 0 Å². The largest absolute Gasteiger partial charge is 0.479 e. The van der Waals surface area contributed by atoms with Crippen LogP contribution in [-0.2, 0) is 22.6 Å². The summed E-state index contributed by atoms with van der Waals surface area (Å²) in [5.74, 6) is 0.660. The lowest BCUT2D eigenvalue weighted by Crippen LogP contribution is -2.46. The van der Waals surface area contributed by atoms with Crippen molar-refractivity contribution >= 4 is 28.4 Å². The number of anilines is 1. The number of nitrogens with one attached hydrogen (secondary N) is 1. The third-order valence-electron chi connectivity index (χ3n) is 5.86. The summed E-state index contributed by atoms with van der Waals surface area (Å²) >= 11 is 0. The van der Waals surface area contributed by atoms with E-state index in [0.717, 1.165) is 17.6 Å². The van der Waals surface area contributed by atoms with Crippen molar-refractivity contribution in [3.8, 4) is 5.75 Å². The molecule has 5 rings (SSSR count). The molecule has 0 spiro atoms. The van der Waals surface area contributed by atoms with Gasteiger partial charge in [0.15, 0.2) is 6.10 Å². The van der Waals surface area contributed by atoms with Crippen molar-refractivity contribution in [3.63, 3.8) is 0 Å². The van der Waals surface area contributed by atoms with Crippen LogP contribution in [0.25, 0.3) is 10.9 Å². The maximum Gasteiger partial charge on any atom is 0.267 e. The highest BCUT2D eigenvalue weighted by atomic mass is 16.5. The van der Waals surface area contributed by atoms with Crippen LogP contribution in [-0.4, -0.2) is 40.9 Å². The molecule has 1 N–H and O–H groups in total. The van der Waals surface area contributed by atoms with Gasteiger partial charge in [0.05, 0.1) is 5.69 Å². The van der Waals surface area contributed by atoms with Gasteiger partial charge in [-0.25, -0.2) is 0 Å². The molecule has 29 heavy (non-hydrogen) atoms. The molecular weight excluding hydrogens is 366 g/mol. The molecule has 3 aromatic rings. The molecule has 6 heteroatoms. The van der Waals surface area contributed by atoms with E-state index in [1.54, 1.807) is 11.8 Å². The summed E-state index contributed by atoms with van der Waals surface area (Å²) < 4.78 is 5.68. The molecule has 0 fully saturated rings. The molecule has 0 bridgehead atoms. The minimum Gasteiger partial charge on any atom is -0.479 e. The Morgan fingerprint density at radius 1 is 1.17 bits per heavy atom. The van der Waals surface area contributed by atoms with Crippen LogP contribution in [0.3, 0.4) is 0 Å². The normalized spacial score (nSPS) is 18.4. The first kappa shape index (κ1) is 17.8. The SMILES string of the molecule is CC1Oc2ccccc2N(CCC(=O)N2CCc3[nH]c4ccccc4c3C2)C1=O. The smallest absolute Gasteiger partial charge is 0.267 e. The van der Waals surface area contributed by atoms with Gasteiger partial charge >= 0.3 is 0 Å². The van der Waals surface area contributed by atoms with Crippen molar-refractivity contribution < 1.29 is 14.3 Å². The van der Waals surface area contributed by atoms with Crippen LogP contribution in [0, 0.1) is 0 Å². The first-order valence-corrected chi connectivity index (χ1v) is 10.0. The Morgan fingerprint density at radius 3 is 2.86 bits per heavy atom. The number of fused-ring (bicyclic) bond motifs is 4. The molecule has 2 amide bonds. The Bertz CT molecular complexity index is 1100. The number of carbonyl (C=O) groups is 2. The number of carbonyl (C=O) groups excluding carboxylic acids is 2. The lowest BCUT2D eigenvalue weighted by atomic mass is 10.0. The Kier molecular flexibility index (Phi) is 4.27. The number of benzene rings is 2. The number of amides is 2. The Labute approximate surface area is 169 Å². The van der Waals surface area contributed by atoms with E-state index in [1.807, 2.05) is 41.3 Å². The van der Waals surface area contributed by atoms with Gasteiger partial charge in [0.2, 0.25) is 5.91 Å². The van der Waals surface area contributed by atoms with Crippen LogP contribution in [0.4, 0.5) is 5.69 Å². The molecule has 0 saturated carbocycles. The van der Waals surface area contributed by atoms with Crippen molar-refractivity contribution in [1.82, 2.24) is 9.88 Å². The molecule has 2 aromatic carbocycles. The van der Waals surface area contributed by atoms with E-state index >= 15 is 0 Å². The fourth-order valence-corrected chi connectivity index (χ4v) is 4.33. The van der Waals surface area contributed by atoms with Crippen LogP contribution in [0.5, 0.6) is 5.75 Å². The molecule has 2 aliphatic rings. The molecule has 1 unspecified atom stereocenters. The third-order valence-corrected chi connectivity index (χ3v) is 5.86. The van der Waals surface area contributed by atoms with Gasteiger partial charge in [0.1, 0.15) is 5.75 Å². The standard InChI is InChI=1S/C23H23N3O3/c1-15-23(28)26(20-8-4-5-9-21(20)29-15)13-11-22(27)25-12-10-19-17(14-25)16-6-2-3-7-18(16)24-19/h2-9,15,24H,10-14H2,1H3. The van der Waals surface area contributed by atoms with Crippen LogP contribution in [0.15, 0.2) is 48.5 Å². The number of H-pyrrole nitrogens is 1. The number of nitrogens with zero attached hydrogens (tertiary/aromatic N) is 2. The summed E-state index contributed by atoms with van der Waals surface area (Å²) in [5, 5.41) is 1.19. The van der Waals surface area contributed by atoms with Crippen LogP contribution in [0.1, 0.15) is 24.6 Å². The third kappa shape index (κ3) is 3.05. The molecule has 1 atom stereocenters. The second-order valence-electron chi connectivity index (χ2n) is 7.66. The van der Waals surface area contributed by atoms with E-state index in [-0.39, 0.29) is 11.8 Å². The predicted octanol–water partition coefficient (Wildman–Crippen LogP) is 3.26. The molecule has 148 valence electrons. The highest BCUT2D eigenvalue weighted by Gasteiger charge is 2.32. The summed E-state index contributed by atoms with van der Waals surface area (Å²) in [5.41, 5.74) is 4.29. The average molecular weight is 389 g/mol. The molecule has 0 saturated heterocycles. The second kappa shape index (κ2) is 6.95. The maximum absolute atomic E-state index is 13.0. The number of rotatable bonds is 3. The number of para-hydroxylation sites is 3. The van der Waals surface area contributed by atoms with Gasteiger partial charge in [-0.3, -0.25) is 9.59 Å². The Hall–Kier alpha value is -3.28. The topological polar surface area (TPSA) is 65.6 Å². The quantitative estimate of drug-likeness (QED) is 0.748. The van der Waals surface area contributed by atoms with E-state index in [1.165, 1.54) is 16.6 Å². The van der Waals surface area contributed by atoms with Crippen LogP contribution in [0.2, 0.25) is 0 Å². The fourth-order valence-electron chi connectivity index (χ4n) is 4.33. The molecule has 0 aliphatic carbocycles. The van der Waals surface area contributed by atoms with E-state index in [0.29, 0.717) is 31.8 Å². The summed E-state index contributed by atoms with van der Waals surface area (Å²) in [6.07, 6.45) is 0.583. The van der Waals surface area contributed by atoms with E-state index in [4.69, 9.17) is 4.74 Å². The lowest BCUT2D eigenvalue weighted by Gasteiger charge is -2.33. The zero-order valence-corrected chi connectivity index (χ0v) is 16.4. The Balaban J connectivity index is 1.31. The summed E-state index contributed by atoms with van der Waals surface area (Å²) in [7, 11) is 0. The maximum atomic E-state index is 13.0. The minimum absolute atomic E-state index is 0.0744. The van der Waals surface area contributed by atoms with Gasteiger partial charge in [-0.2, -0.15) is 0 Å². The summed E-state index contributed by atoms with van der Waals surface area (Å²) in [6, 6.07) is 15.7. The fraction of sp³-hybridized carbons (Fsp3) is 0.304. The van der Waals surface area contributed by atoms with Gasteiger partial charge in [-0.1, -0.05) is 30.3 Å². The first-order chi connectivity index (χ1) is 14.1. The number of aromatic amines is 1. The van der Waals surface area contributed by atoms with Crippen LogP contribution >= 0.6 is 0 Å². The van der Waals surface area contributed by atoms with Crippen molar-refractivity contribution in [2.45, 2.75) is 32.4 Å². The highest BCUT2D eigenvalue weighted by molar-refractivity contribution is 6.00. The van der Waals surface area contributed by atoms with Crippen LogP contribution < -0.4 is 9.64 Å². The van der Waals surface area contributed by atoms with Gasteiger partial charge in [0, 0.05) is 54.6 Å². The molecule has 6 nitrogen and oxygen atoms in total. The van der Waals surface area contributed by atoms with E-state index in [2.05, 4.69) is 17.1 Å². The minimum atomic E-state index is -0.538. The van der Waals surface area contributed by atoms with Gasteiger partial charge < -0.3 is 19.5 Å². The van der Waals surface area contributed by atoms with Crippen molar-refractivity contribution in [2.24, 2.45) is 0 Å². The number of hydrogen-bond donors (Lipinski definition) is 1. The van der Waals surface area contributed by atoms with Gasteiger partial charge in [-0.05, 0) is 25.1 Å². The first-order valence-electron chi connectivity index (χ1n) is 10.0. The lowest BCUT2D eigenvalue weighted by molar-refractivity contribution is -0.132. The monoisotopic (exact) mass is 389 g/mol. The Morgan fingerprint density at radius 2 is 1.97 bits per heavy atom. The molecule has 1 aromatic heterocycles. The van der Waals surface area contributed by atoms with Crippen molar-refractivity contribution in [1.29, 1.82) is 0 Å². The molecule has 3 heterocycles. The summed E-state index contributed by atoms with van der Waals surface area (Å²) in [4.78, 5) is 32.6. The zero-order chi connectivity index (χ0) is 20.0. The number of hydrogen-bond acceptors (Lipinski definition) is 3. The second-order valence-corrected chi connectivity index (χ2v) is 7.66. The average Bonchev–Trinajstić information content (AvgIpc) is 3.12. The van der Waals surface area contributed by atoms with Crippen molar-refractivity contribution in [3.05, 3.63) is 59.8 Å². The molecule has 0 radical (unpaired) electrons. The van der Waals surface area contributed by atoms with E-state index < -0.39 is 6.10 Å². The van der Waals surface area contributed by atoms with Gasteiger partial charge in [0.25, 0.3) is 5.91 Å². The highest BCUT2D eigenvalue weighted by Crippen LogP contribution is 2.34. The zero-order valence-electron chi connectivity index (χ0n) is 16.4. The molecule has 2 aliphatic heterocycles.